The summed E-state index contributed by atoms with van der Waals surface area (Å²) >= 11 is 0. The van der Waals surface area contributed by atoms with E-state index in [1.54, 1.807) is 12.3 Å². The Morgan fingerprint density at radius 2 is 1.72 bits per heavy atom. The molecule has 1 aliphatic heterocycles. The van der Waals surface area contributed by atoms with E-state index in [4.69, 9.17) is 0 Å². The molecule has 2 aromatic rings. The molecule has 2 heterocycles. The fourth-order valence-electron chi connectivity index (χ4n) is 3.86. The zero-order valence-corrected chi connectivity index (χ0v) is 18.2. The smallest absolute Gasteiger partial charge is 0.272 e. The number of benzene rings is 1. The van der Waals surface area contributed by atoms with Gasteiger partial charge in [-0.15, -0.1) is 0 Å². The van der Waals surface area contributed by atoms with Crippen molar-refractivity contribution in [2.45, 2.75) is 40.5 Å². The summed E-state index contributed by atoms with van der Waals surface area (Å²) in [4.78, 5) is 28.5. The van der Waals surface area contributed by atoms with Crippen LogP contribution >= 0.6 is 0 Å². The van der Waals surface area contributed by atoms with Crippen molar-refractivity contribution in [3.63, 3.8) is 0 Å². The Labute approximate surface area is 174 Å². The minimum absolute atomic E-state index is 0.00205. The van der Waals surface area contributed by atoms with Crippen LogP contribution in [0.4, 0.5) is 11.6 Å². The van der Waals surface area contributed by atoms with E-state index in [1.807, 2.05) is 4.90 Å². The topological polar surface area (TPSA) is 52.6 Å². The number of carbonyl (C=O) groups is 1. The molecule has 1 aliphatic rings. The molecule has 0 saturated carbocycles. The van der Waals surface area contributed by atoms with E-state index in [0.717, 1.165) is 39.0 Å². The normalized spacial score (nSPS) is 14.2. The maximum Gasteiger partial charge on any atom is 0.272 e. The van der Waals surface area contributed by atoms with Gasteiger partial charge >= 0.3 is 0 Å². The summed E-state index contributed by atoms with van der Waals surface area (Å²) in [7, 11) is 0. The van der Waals surface area contributed by atoms with Crippen LogP contribution in [0.1, 0.15) is 48.3 Å². The van der Waals surface area contributed by atoms with Gasteiger partial charge in [-0.2, -0.15) is 0 Å². The summed E-state index contributed by atoms with van der Waals surface area (Å²) in [6, 6.07) is 8.16. The fourth-order valence-corrected chi connectivity index (χ4v) is 3.86. The molecule has 1 amide bonds. The van der Waals surface area contributed by atoms with Crippen molar-refractivity contribution in [2.24, 2.45) is 0 Å². The second-order valence-corrected chi connectivity index (χ2v) is 7.73. The second-order valence-electron chi connectivity index (χ2n) is 7.73. The van der Waals surface area contributed by atoms with Crippen molar-refractivity contribution in [3.8, 4) is 0 Å². The van der Waals surface area contributed by atoms with Gasteiger partial charge in [0.2, 0.25) is 5.95 Å². The van der Waals surface area contributed by atoms with Crippen LogP contribution in [0.15, 0.2) is 30.5 Å². The van der Waals surface area contributed by atoms with Crippen molar-refractivity contribution in [1.29, 1.82) is 0 Å². The molecule has 0 spiro atoms. The molecular weight excluding hydrogens is 362 g/mol. The summed E-state index contributed by atoms with van der Waals surface area (Å²) in [5.41, 5.74) is 4.39. The first-order valence-corrected chi connectivity index (χ1v) is 10.7. The first-order chi connectivity index (χ1) is 14.0. The summed E-state index contributed by atoms with van der Waals surface area (Å²) in [5.74, 6) is 0.663. The molecule has 3 rings (SSSR count). The highest BCUT2D eigenvalue weighted by Crippen LogP contribution is 2.24. The quantitative estimate of drug-likeness (QED) is 0.716. The number of aromatic nitrogens is 2. The van der Waals surface area contributed by atoms with Gasteiger partial charge in [-0.1, -0.05) is 26.0 Å². The molecule has 1 saturated heterocycles. The largest absolute Gasteiger partial charge is 0.368 e. The van der Waals surface area contributed by atoms with Gasteiger partial charge < -0.3 is 14.7 Å². The van der Waals surface area contributed by atoms with Crippen LogP contribution in [0.2, 0.25) is 0 Å². The van der Waals surface area contributed by atoms with Crippen LogP contribution in [0, 0.1) is 13.8 Å². The van der Waals surface area contributed by atoms with Crippen LogP contribution in [0.3, 0.4) is 0 Å². The van der Waals surface area contributed by atoms with Crippen molar-refractivity contribution in [3.05, 3.63) is 47.3 Å². The Balaban J connectivity index is 1.68. The van der Waals surface area contributed by atoms with Crippen molar-refractivity contribution in [2.75, 3.05) is 49.1 Å². The Morgan fingerprint density at radius 1 is 1.03 bits per heavy atom. The van der Waals surface area contributed by atoms with Gasteiger partial charge in [-0.3, -0.25) is 4.79 Å². The Hall–Kier alpha value is -2.63. The molecular formula is C23H33N5O. The Bertz CT molecular complexity index is 824. The molecule has 0 unspecified atom stereocenters. The summed E-state index contributed by atoms with van der Waals surface area (Å²) in [5, 5.41) is 0. The second kappa shape index (κ2) is 9.72. The predicted octanol–water partition coefficient (Wildman–Crippen LogP) is 3.68. The molecule has 0 radical (unpaired) electrons. The number of rotatable bonds is 7. The predicted molar refractivity (Wildman–Crippen MR) is 119 cm³/mol. The van der Waals surface area contributed by atoms with Gasteiger partial charge in [0.15, 0.2) is 0 Å². The van der Waals surface area contributed by atoms with E-state index >= 15 is 0 Å². The number of anilines is 2. The summed E-state index contributed by atoms with van der Waals surface area (Å²) < 4.78 is 0. The lowest BCUT2D eigenvalue weighted by molar-refractivity contribution is 0.0740. The Kier molecular flexibility index (Phi) is 7.07. The van der Waals surface area contributed by atoms with Gasteiger partial charge in [-0.25, -0.2) is 9.97 Å². The van der Waals surface area contributed by atoms with Crippen LogP contribution < -0.4 is 9.80 Å². The molecule has 156 valence electrons. The van der Waals surface area contributed by atoms with E-state index in [2.05, 4.69) is 65.7 Å². The number of hydrogen-bond acceptors (Lipinski definition) is 5. The average molecular weight is 396 g/mol. The molecule has 6 nitrogen and oxygen atoms in total. The monoisotopic (exact) mass is 395 g/mol. The molecule has 0 aliphatic carbocycles. The van der Waals surface area contributed by atoms with E-state index in [9.17, 15) is 4.79 Å². The van der Waals surface area contributed by atoms with Gasteiger partial charge in [-0.05, 0) is 49.9 Å². The highest BCUT2D eigenvalue weighted by Gasteiger charge is 2.24. The first kappa shape index (κ1) is 21.1. The minimum atomic E-state index is 0.00205. The molecule has 1 aromatic heterocycles. The third kappa shape index (κ3) is 4.86. The van der Waals surface area contributed by atoms with Crippen LogP contribution in [0.25, 0.3) is 0 Å². The number of carbonyl (C=O) groups excluding carboxylic acids is 1. The van der Waals surface area contributed by atoms with Crippen LogP contribution in [-0.2, 0) is 0 Å². The SMILES string of the molecule is CCCN(CCC)c1nccc(C(=O)N2CCN(c3cccc(C)c3C)CC2)n1. The maximum atomic E-state index is 13.1. The van der Waals surface area contributed by atoms with Crippen LogP contribution in [-0.4, -0.2) is 60.0 Å². The van der Waals surface area contributed by atoms with E-state index < -0.39 is 0 Å². The van der Waals surface area contributed by atoms with Gasteiger partial charge in [0.1, 0.15) is 5.69 Å². The molecule has 1 fully saturated rings. The zero-order valence-electron chi connectivity index (χ0n) is 18.2. The average Bonchev–Trinajstić information content (AvgIpc) is 2.75. The number of piperazine rings is 1. The van der Waals surface area contributed by atoms with E-state index in [0.29, 0.717) is 24.7 Å². The lowest BCUT2D eigenvalue weighted by Crippen LogP contribution is -2.49. The number of amides is 1. The molecule has 29 heavy (non-hydrogen) atoms. The Morgan fingerprint density at radius 3 is 2.38 bits per heavy atom. The molecule has 0 bridgehead atoms. The number of hydrogen-bond donors (Lipinski definition) is 0. The molecule has 0 N–H and O–H groups in total. The fraction of sp³-hybridized carbons (Fsp3) is 0.522. The molecule has 0 atom stereocenters. The molecule has 6 heteroatoms. The maximum absolute atomic E-state index is 13.1. The van der Waals surface area contributed by atoms with E-state index in [1.165, 1.54) is 16.8 Å². The third-order valence-electron chi connectivity index (χ3n) is 5.62. The first-order valence-electron chi connectivity index (χ1n) is 10.7. The number of nitrogens with zero attached hydrogens (tertiary/aromatic N) is 5. The van der Waals surface area contributed by atoms with Gasteiger partial charge in [0, 0.05) is 51.2 Å². The highest BCUT2D eigenvalue weighted by molar-refractivity contribution is 5.92. The van der Waals surface area contributed by atoms with E-state index in [-0.39, 0.29) is 5.91 Å². The van der Waals surface area contributed by atoms with Crippen molar-refractivity contribution >= 4 is 17.5 Å². The van der Waals surface area contributed by atoms with Gasteiger partial charge in [0.25, 0.3) is 5.91 Å². The van der Waals surface area contributed by atoms with Crippen molar-refractivity contribution in [1.82, 2.24) is 14.9 Å². The van der Waals surface area contributed by atoms with Crippen molar-refractivity contribution < 1.29 is 4.79 Å². The minimum Gasteiger partial charge on any atom is -0.368 e. The summed E-state index contributed by atoms with van der Waals surface area (Å²) in [6.07, 6.45) is 3.77. The van der Waals surface area contributed by atoms with Gasteiger partial charge in [0.05, 0.1) is 0 Å². The standard InChI is InChI=1S/C23H33N5O/c1-5-12-28(13-6-2)23-24-11-10-20(25-23)22(29)27-16-14-26(15-17-27)21-9-7-8-18(3)19(21)4/h7-11H,5-6,12-17H2,1-4H3. The lowest BCUT2D eigenvalue weighted by atomic mass is 10.1. The third-order valence-corrected chi connectivity index (χ3v) is 5.62. The lowest BCUT2D eigenvalue weighted by Gasteiger charge is -2.37. The molecule has 1 aromatic carbocycles. The highest BCUT2D eigenvalue weighted by atomic mass is 16.2. The summed E-state index contributed by atoms with van der Waals surface area (Å²) in [6.45, 7) is 13.5. The van der Waals surface area contributed by atoms with Crippen LogP contribution in [0.5, 0.6) is 0 Å². The number of aryl methyl sites for hydroxylation is 1. The zero-order chi connectivity index (χ0) is 20.8.